The van der Waals surface area contributed by atoms with Crippen molar-refractivity contribution >= 4 is 12.2 Å². The average molecular weight is 301 g/mol. The lowest BCUT2D eigenvalue weighted by molar-refractivity contribution is -0.175. The van der Waals surface area contributed by atoms with Crippen molar-refractivity contribution in [2.24, 2.45) is 0 Å². The molecule has 2 rings (SSSR count). The maximum atomic E-state index is 11.3. The van der Waals surface area contributed by atoms with Crippen LogP contribution in [0.3, 0.4) is 0 Å². The van der Waals surface area contributed by atoms with Crippen LogP contribution in [-0.4, -0.2) is 54.7 Å². The van der Waals surface area contributed by atoms with Gasteiger partial charge in [-0.3, -0.25) is 4.79 Å². The Hall–Kier alpha value is -1.02. The maximum Gasteiger partial charge on any atom is 0.217 e. The third-order valence-electron chi connectivity index (χ3n) is 3.43. The van der Waals surface area contributed by atoms with Crippen molar-refractivity contribution in [3.05, 3.63) is 0 Å². The summed E-state index contributed by atoms with van der Waals surface area (Å²) in [5.74, 6) is -1.86. The second-order valence-corrected chi connectivity index (χ2v) is 6.29. The molecule has 0 radical (unpaired) electrons. The zero-order valence-corrected chi connectivity index (χ0v) is 13.0. The van der Waals surface area contributed by atoms with Crippen LogP contribution < -0.4 is 5.32 Å². The number of ether oxygens (including phenoxy) is 4. The summed E-state index contributed by atoms with van der Waals surface area (Å²) in [6.45, 7) is 8.85. The quantitative estimate of drug-likeness (QED) is 0.755. The smallest absolute Gasteiger partial charge is 0.217 e. The van der Waals surface area contributed by atoms with Gasteiger partial charge in [-0.05, 0) is 27.7 Å². The van der Waals surface area contributed by atoms with Crippen LogP contribution in [0.4, 0.5) is 0 Å². The van der Waals surface area contributed by atoms with Gasteiger partial charge in [-0.1, -0.05) is 0 Å². The monoisotopic (exact) mass is 301 g/mol. The van der Waals surface area contributed by atoms with Gasteiger partial charge < -0.3 is 29.1 Å². The standard InChI is InChI=1S/C14H23NO6/c1-8(17)15-9(6-16)11-12(21-14(4,5)20-11)10-7-18-13(2,3)19-10/h6,9-12H,7H2,1-5H3,(H,15,17)/t9-,10-,11-,12-/m1/s1. The van der Waals surface area contributed by atoms with Crippen molar-refractivity contribution in [1.29, 1.82) is 0 Å². The topological polar surface area (TPSA) is 83.1 Å². The van der Waals surface area contributed by atoms with Crippen LogP contribution >= 0.6 is 0 Å². The van der Waals surface area contributed by atoms with Gasteiger partial charge in [0.05, 0.1) is 6.61 Å². The lowest BCUT2D eigenvalue weighted by atomic mass is 10.0. The fraction of sp³-hybridized carbons (Fsp3) is 0.857. The molecule has 7 nitrogen and oxygen atoms in total. The van der Waals surface area contributed by atoms with Crippen molar-refractivity contribution in [3.63, 3.8) is 0 Å². The van der Waals surface area contributed by atoms with Crippen LogP contribution in [0.1, 0.15) is 34.6 Å². The van der Waals surface area contributed by atoms with Crippen molar-refractivity contribution < 1.29 is 28.5 Å². The van der Waals surface area contributed by atoms with Crippen molar-refractivity contribution in [1.82, 2.24) is 5.32 Å². The normalized spacial score (nSPS) is 35.4. The van der Waals surface area contributed by atoms with Gasteiger partial charge in [0.15, 0.2) is 11.6 Å². The molecule has 0 unspecified atom stereocenters. The van der Waals surface area contributed by atoms with Gasteiger partial charge in [-0.15, -0.1) is 0 Å². The van der Waals surface area contributed by atoms with Crippen LogP contribution in [0.25, 0.3) is 0 Å². The Morgan fingerprint density at radius 3 is 2.33 bits per heavy atom. The Bertz CT molecular complexity index is 422. The van der Waals surface area contributed by atoms with Crippen LogP contribution in [0.5, 0.6) is 0 Å². The molecule has 4 atom stereocenters. The Labute approximate surface area is 124 Å². The summed E-state index contributed by atoms with van der Waals surface area (Å²) in [4.78, 5) is 22.5. The molecular formula is C14H23NO6. The van der Waals surface area contributed by atoms with E-state index in [1.165, 1.54) is 6.92 Å². The molecule has 0 aromatic carbocycles. The fourth-order valence-corrected chi connectivity index (χ4v) is 2.69. The predicted octanol–water partition coefficient (Wildman–Crippen LogP) is 0.362. The molecule has 1 amide bonds. The minimum absolute atomic E-state index is 0.303. The zero-order valence-electron chi connectivity index (χ0n) is 13.0. The molecule has 0 bridgehead atoms. The minimum atomic E-state index is -0.856. The summed E-state index contributed by atoms with van der Waals surface area (Å²) in [6.07, 6.45) is -0.819. The molecular weight excluding hydrogens is 278 g/mol. The van der Waals surface area contributed by atoms with Gasteiger partial charge in [0.2, 0.25) is 5.91 Å². The molecule has 0 spiro atoms. The third-order valence-corrected chi connectivity index (χ3v) is 3.43. The Balaban J connectivity index is 2.16. The van der Waals surface area contributed by atoms with Crippen molar-refractivity contribution in [3.8, 4) is 0 Å². The zero-order chi connectivity index (χ0) is 15.8. The van der Waals surface area contributed by atoms with E-state index in [2.05, 4.69) is 5.32 Å². The molecule has 2 saturated heterocycles. The summed E-state index contributed by atoms with van der Waals surface area (Å²) in [5.41, 5.74) is 0. The van der Waals surface area contributed by atoms with Crippen molar-refractivity contribution in [2.75, 3.05) is 6.61 Å². The van der Waals surface area contributed by atoms with E-state index in [4.69, 9.17) is 18.9 Å². The lowest BCUT2D eigenvalue weighted by Gasteiger charge is -2.26. The Morgan fingerprint density at radius 2 is 1.86 bits per heavy atom. The lowest BCUT2D eigenvalue weighted by Crippen LogP contribution is -2.51. The summed E-state index contributed by atoms with van der Waals surface area (Å²) >= 11 is 0. The van der Waals surface area contributed by atoms with E-state index < -0.39 is 29.8 Å². The molecule has 0 aromatic heterocycles. The van der Waals surface area contributed by atoms with Crippen LogP contribution in [0, 0.1) is 0 Å². The summed E-state index contributed by atoms with van der Waals surface area (Å²) in [5, 5.41) is 2.58. The predicted molar refractivity (Wildman–Crippen MR) is 72.4 cm³/mol. The second-order valence-electron chi connectivity index (χ2n) is 6.29. The van der Waals surface area contributed by atoms with Gasteiger partial charge in [0.25, 0.3) is 0 Å². The number of nitrogens with one attached hydrogen (secondary N) is 1. The number of hydrogen-bond donors (Lipinski definition) is 1. The Kier molecular flexibility index (Phi) is 4.39. The molecule has 2 fully saturated rings. The Morgan fingerprint density at radius 1 is 1.19 bits per heavy atom. The van der Waals surface area contributed by atoms with Crippen LogP contribution in [0.15, 0.2) is 0 Å². The number of carbonyl (C=O) groups excluding carboxylic acids is 2. The van der Waals surface area contributed by atoms with Gasteiger partial charge in [-0.25, -0.2) is 0 Å². The first-order valence-electron chi connectivity index (χ1n) is 7.03. The molecule has 0 aromatic rings. The number of hydrogen-bond acceptors (Lipinski definition) is 6. The van der Waals surface area contributed by atoms with Crippen LogP contribution in [0.2, 0.25) is 0 Å². The first kappa shape index (κ1) is 16.4. The first-order chi connectivity index (χ1) is 9.63. The van der Waals surface area contributed by atoms with E-state index in [9.17, 15) is 9.59 Å². The molecule has 1 N–H and O–H groups in total. The molecule has 120 valence electrons. The molecule has 2 aliphatic rings. The van der Waals surface area contributed by atoms with E-state index in [1.807, 2.05) is 13.8 Å². The second kappa shape index (κ2) is 5.64. The summed E-state index contributed by atoms with van der Waals surface area (Å²) in [7, 11) is 0. The largest absolute Gasteiger partial charge is 0.348 e. The summed E-state index contributed by atoms with van der Waals surface area (Å²) in [6, 6.07) is -0.790. The van der Waals surface area contributed by atoms with E-state index in [-0.39, 0.29) is 12.0 Å². The van der Waals surface area contributed by atoms with Gasteiger partial charge >= 0.3 is 0 Å². The van der Waals surface area contributed by atoms with Crippen molar-refractivity contribution in [2.45, 2.75) is 70.5 Å². The van der Waals surface area contributed by atoms with E-state index in [0.29, 0.717) is 12.9 Å². The van der Waals surface area contributed by atoms with Crippen LogP contribution in [-0.2, 0) is 28.5 Å². The molecule has 0 saturated carbocycles. The van der Waals surface area contributed by atoms with E-state index in [0.717, 1.165) is 0 Å². The van der Waals surface area contributed by atoms with Gasteiger partial charge in [0.1, 0.15) is 30.6 Å². The number of amides is 1. The molecule has 7 heteroatoms. The average Bonchev–Trinajstić information content (AvgIpc) is 2.85. The number of rotatable bonds is 4. The fourth-order valence-electron chi connectivity index (χ4n) is 2.69. The van der Waals surface area contributed by atoms with Gasteiger partial charge in [-0.2, -0.15) is 0 Å². The summed E-state index contributed by atoms with van der Waals surface area (Å²) < 4.78 is 23.0. The molecule has 21 heavy (non-hydrogen) atoms. The number of carbonyl (C=O) groups is 2. The molecule has 0 aliphatic carbocycles. The highest BCUT2D eigenvalue weighted by Crippen LogP contribution is 2.36. The van der Waals surface area contributed by atoms with Gasteiger partial charge in [0, 0.05) is 6.92 Å². The van der Waals surface area contributed by atoms with E-state index in [1.54, 1.807) is 13.8 Å². The highest BCUT2D eigenvalue weighted by Gasteiger charge is 2.52. The number of aldehydes is 1. The minimum Gasteiger partial charge on any atom is -0.348 e. The highest BCUT2D eigenvalue weighted by molar-refractivity contribution is 5.77. The molecule has 2 heterocycles. The highest BCUT2D eigenvalue weighted by atomic mass is 16.8. The third kappa shape index (κ3) is 3.79. The SMILES string of the molecule is CC(=O)N[C@H](C=O)[C@H]1OC(C)(C)O[C@@H]1[C@H]1COC(C)(C)O1. The first-order valence-corrected chi connectivity index (χ1v) is 7.03. The molecule has 2 aliphatic heterocycles. The van der Waals surface area contributed by atoms with E-state index >= 15 is 0 Å². The maximum absolute atomic E-state index is 11.3.